The third-order valence-electron chi connectivity index (χ3n) is 10.2. The van der Waals surface area contributed by atoms with E-state index in [1.165, 1.54) is 6.08 Å². The number of carbonyl (C=O) groups excluding carboxylic acids is 2. The SMILES string of the molecule is CCC(C)(C)C(=O)OC[C@@H]1C(COCc2ccccc2)[C@H]2C[C@@H](C)[C@]1(/C=C/C(=O)C[C@H](CC(=O)O)O[Si](C)(C)C(C)(C)C)O2. The molecule has 0 aliphatic carbocycles. The van der Waals surface area contributed by atoms with Crippen molar-refractivity contribution in [3.8, 4) is 0 Å². The number of carboxylic acids is 1. The van der Waals surface area contributed by atoms with E-state index in [-0.39, 0.29) is 60.1 Å². The Labute approximate surface area is 265 Å². The van der Waals surface area contributed by atoms with Crippen LogP contribution in [0.25, 0.3) is 0 Å². The first-order valence-corrected chi connectivity index (χ1v) is 18.9. The van der Waals surface area contributed by atoms with Gasteiger partial charge in [0.05, 0.1) is 49.5 Å². The summed E-state index contributed by atoms with van der Waals surface area (Å²) in [5, 5.41) is 9.41. The molecule has 246 valence electrons. The third kappa shape index (κ3) is 8.68. The molecule has 2 aliphatic rings. The number of allylic oxidation sites excluding steroid dienone is 1. The highest BCUT2D eigenvalue weighted by molar-refractivity contribution is 6.74. The zero-order valence-electron chi connectivity index (χ0n) is 28.2. The molecule has 2 saturated heterocycles. The molecule has 8 nitrogen and oxygen atoms in total. The van der Waals surface area contributed by atoms with Crippen molar-refractivity contribution in [2.24, 2.45) is 23.2 Å². The number of hydrogen-bond acceptors (Lipinski definition) is 7. The molecule has 44 heavy (non-hydrogen) atoms. The summed E-state index contributed by atoms with van der Waals surface area (Å²) in [6.07, 6.45) is 3.75. The summed E-state index contributed by atoms with van der Waals surface area (Å²) in [7, 11) is -2.30. The van der Waals surface area contributed by atoms with Gasteiger partial charge in [0, 0.05) is 18.3 Å². The molecule has 1 aromatic rings. The van der Waals surface area contributed by atoms with Crippen molar-refractivity contribution < 1.29 is 38.1 Å². The fourth-order valence-electron chi connectivity index (χ4n) is 5.92. The monoisotopic (exact) mass is 630 g/mol. The zero-order valence-corrected chi connectivity index (χ0v) is 29.2. The summed E-state index contributed by atoms with van der Waals surface area (Å²) in [5.41, 5.74) is -0.333. The lowest BCUT2D eigenvalue weighted by Crippen LogP contribution is -2.47. The van der Waals surface area contributed by atoms with E-state index >= 15 is 0 Å². The first-order chi connectivity index (χ1) is 20.4. The molecule has 0 spiro atoms. The van der Waals surface area contributed by atoms with E-state index in [9.17, 15) is 19.5 Å². The minimum Gasteiger partial charge on any atom is -0.481 e. The van der Waals surface area contributed by atoms with Gasteiger partial charge in [-0.3, -0.25) is 14.4 Å². The van der Waals surface area contributed by atoms with Crippen molar-refractivity contribution in [1.29, 1.82) is 0 Å². The van der Waals surface area contributed by atoms with Crippen molar-refractivity contribution >= 4 is 26.0 Å². The predicted molar refractivity (Wildman–Crippen MR) is 173 cm³/mol. The second kappa shape index (κ2) is 14.4. The number of hydrogen-bond donors (Lipinski definition) is 1. The zero-order chi connectivity index (χ0) is 32.9. The van der Waals surface area contributed by atoms with Crippen LogP contribution in [0, 0.1) is 23.2 Å². The average Bonchev–Trinajstić information content (AvgIpc) is 3.41. The maximum atomic E-state index is 13.3. The van der Waals surface area contributed by atoms with Crippen LogP contribution < -0.4 is 0 Å². The van der Waals surface area contributed by atoms with Crippen molar-refractivity contribution in [2.45, 2.75) is 117 Å². The number of esters is 1. The van der Waals surface area contributed by atoms with Gasteiger partial charge in [0.2, 0.25) is 0 Å². The second-order valence-corrected chi connectivity index (χ2v) is 19.6. The van der Waals surface area contributed by atoms with E-state index in [1.807, 2.05) is 57.2 Å². The number of carboxylic acid groups (broad SMARTS) is 1. The van der Waals surface area contributed by atoms with Crippen molar-refractivity contribution in [2.75, 3.05) is 13.2 Å². The predicted octanol–water partition coefficient (Wildman–Crippen LogP) is 6.97. The Hall–Kier alpha value is -2.33. The molecule has 0 radical (unpaired) electrons. The fourth-order valence-corrected chi connectivity index (χ4v) is 7.28. The van der Waals surface area contributed by atoms with Gasteiger partial charge in [0.1, 0.15) is 0 Å². The Morgan fingerprint density at radius 3 is 2.34 bits per heavy atom. The van der Waals surface area contributed by atoms with Crippen LogP contribution in [0.2, 0.25) is 18.1 Å². The van der Waals surface area contributed by atoms with Gasteiger partial charge in [-0.25, -0.2) is 0 Å². The van der Waals surface area contributed by atoms with E-state index in [1.54, 1.807) is 0 Å². The summed E-state index contributed by atoms with van der Waals surface area (Å²) >= 11 is 0. The molecule has 0 aromatic heterocycles. The largest absolute Gasteiger partial charge is 0.481 e. The van der Waals surface area contributed by atoms with Crippen LogP contribution in [0.3, 0.4) is 0 Å². The number of benzene rings is 1. The molecule has 2 fully saturated rings. The van der Waals surface area contributed by atoms with E-state index in [0.717, 1.165) is 12.0 Å². The molecule has 2 heterocycles. The molecule has 1 aromatic carbocycles. The molecule has 3 rings (SSSR count). The lowest BCUT2D eigenvalue weighted by atomic mass is 9.67. The van der Waals surface area contributed by atoms with Gasteiger partial charge in [-0.1, -0.05) is 65.0 Å². The molecule has 6 atom stereocenters. The first-order valence-electron chi connectivity index (χ1n) is 16.0. The normalized spacial score (nSPS) is 26.2. The second-order valence-electron chi connectivity index (χ2n) is 14.9. The quantitative estimate of drug-likeness (QED) is 0.119. The Balaban J connectivity index is 1.81. The molecule has 1 N–H and O–H groups in total. The number of fused-ring (bicyclic) bond motifs is 2. The minimum atomic E-state index is -2.30. The Kier molecular flexibility index (Phi) is 11.8. The third-order valence-corrected chi connectivity index (χ3v) is 14.7. The van der Waals surface area contributed by atoms with Gasteiger partial charge >= 0.3 is 11.9 Å². The fraction of sp³-hybridized carbons (Fsp3) is 0.686. The van der Waals surface area contributed by atoms with Crippen LogP contribution in [-0.4, -0.2) is 62.2 Å². The Morgan fingerprint density at radius 1 is 1.09 bits per heavy atom. The Bertz CT molecular complexity index is 1170. The van der Waals surface area contributed by atoms with Gasteiger partial charge in [0.25, 0.3) is 0 Å². The smallest absolute Gasteiger partial charge is 0.311 e. The van der Waals surface area contributed by atoms with Crippen LogP contribution in [0.1, 0.15) is 79.7 Å². The first kappa shape index (κ1) is 36.1. The maximum absolute atomic E-state index is 13.3. The highest BCUT2D eigenvalue weighted by Crippen LogP contribution is 2.55. The summed E-state index contributed by atoms with van der Waals surface area (Å²) in [5.74, 6) is -1.60. The number of ketones is 1. The molecule has 0 saturated carbocycles. The van der Waals surface area contributed by atoms with Crippen molar-refractivity contribution in [1.82, 2.24) is 0 Å². The molecule has 2 aliphatic heterocycles. The van der Waals surface area contributed by atoms with Gasteiger partial charge in [-0.2, -0.15) is 0 Å². The molecule has 2 bridgehead atoms. The van der Waals surface area contributed by atoms with Gasteiger partial charge in [-0.15, -0.1) is 0 Å². The molecular weight excluding hydrogens is 576 g/mol. The van der Waals surface area contributed by atoms with E-state index < -0.39 is 31.4 Å². The van der Waals surface area contributed by atoms with Gasteiger partial charge < -0.3 is 23.7 Å². The summed E-state index contributed by atoms with van der Waals surface area (Å²) in [4.78, 5) is 38.0. The van der Waals surface area contributed by atoms with Crippen LogP contribution in [0.5, 0.6) is 0 Å². The highest BCUT2D eigenvalue weighted by atomic mass is 28.4. The van der Waals surface area contributed by atoms with E-state index in [0.29, 0.717) is 19.6 Å². The molecular formula is C35H54O8Si. The number of ether oxygens (including phenoxy) is 3. The standard InChI is InChI=1S/C35H54O8Si/c1-10-34(6,7)32(39)41-23-29-28(22-40-21-25-14-12-11-13-15-25)30-18-24(2)35(29,42-30)17-16-26(36)19-27(20-31(37)38)43-44(8,9)33(3,4)5/h11-17,24,27-30H,10,18-23H2,1-9H3,(H,37,38)/b17-16+/t24-,27-,28?,29-,30-,35+/m1/s1. The minimum absolute atomic E-state index is 0.0196. The lowest BCUT2D eigenvalue weighted by molar-refractivity contribution is -0.158. The highest BCUT2D eigenvalue weighted by Gasteiger charge is 2.62. The summed E-state index contributed by atoms with van der Waals surface area (Å²) in [6, 6.07) is 9.97. The average molecular weight is 631 g/mol. The van der Waals surface area contributed by atoms with Gasteiger partial charge in [0.15, 0.2) is 14.1 Å². The summed E-state index contributed by atoms with van der Waals surface area (Å²) < 4.78 is 25.1. The topological polar surface area (TPSA) is 108 Å². The number of carbonyl (C=O) groups is 3. The maximum Gasteiger partial charge on any atom is 0.311 e. The molecule has 1 unspecified atom stereocenters. The van der Waals surface area contributed by atoms with Crippen LogP contribution in [0.4, 0.5) is 0 Å². The van der Waals surface area contributed by atoms with Gasteiger partial charge in [-0.05, 0) is 68.5 Å². The van der Waals surface area contributed by atoms with E-state index in [4.69, 9.17) is 18.6 Å². The van der Waals surface area contributed by atoms with Crippen molar-refractivity contribution in [3.05, 3.63) is 48.0 Å². The summed E-state index contributed by atoms with van der Waals surface area (Å²) in [6.45, 7) is 19.3. The Morgan fingerprint density at radius 2 is 1.75 bits per heavy atom. The van der Waals surface area contributed by atoms with Crippen LogP contribution >= 0.6 is 0 Å². The van der Waals surface area contributed by atoms with Crippen LogP contribution in [0.15, 0.2) is 42.5 Å². The lowest BCUT2D eigenvalue weighted by Gasteiger charge is -2.39. The number of rotatable bonds is 16. The van der Waals surface area contributed by atoms with Crippen LogP contribution in [-0.2, 0) is 39.6 Å². The van der Waals surface area contributed by atoms with Crippen molar-refractivity contribution in [3.63, 3.8) is 0 Å². The van der Waals surface area contributed by atoms with E-state index in [2.05, 4.69) is 40.8 Å². The number of aliphatic carboxylic acids is 1. The molecule has 9 heteroatoms. The molecule has 0 amide bonds.